The van der Waals surface area contributed by atoms with Gasteiger partial charge in [0.1, 0.15) is 0 Å². The molecule has 0 spiro atoms. The number of rotatable bonds is 2. The molecule has 1 aliphatic rings. The number of nitrogens with zero attached hydrogens (tertiary/aromatic N) is 3. The lowest BCUT2D eigenvalue weighted by atomic mass is 9.83. The summed E-state index contributed by atoms with van der Waals surface area (Å²) in [5.41, 5.74) is 8.33. The fourth-order valence-electron chi connectivity index (χ4n) is 1.94. The second kappa shape index (κ2) is 4.46. The zero-order valence-corrected chi connectivity index (χ0v) is 7.92. The molecule has 13 heavy (non-hydrogen) atoms. The summed E-state index contributed by atoms with van der Waals surface area (Å²) in [5.74, 6) is 0.386. The van der Waals surface area contributed by atoms with E-state index in [1.807, 2.05) is 6.92 Å². The first-order valence-corrected chi connectivity index (χ1v) is 4.44. The van der Waals surface area contributed by atoms with E-state index in [1.165, 1.54) is 7.11 Å². The Morgan fingerprint density at radius 2 is 2.23 bits per heavy atom. The highest BCUT2D eigenvalue weighted by Crippen LogP contribution is 2.28. The Hall–Kier alpha value is -0.770. The van der Waals surface area contributed by atoms with Crippen molar-refractivity contribution in [3.63, 3.8) is 0 Å². The first-order valence-electron chi connectivity index (χ1n) is 4.44. The van der Waals surface area contributed by atoms with Gasteiger partial charge in [0, 0.05) is 12.0 Å². The van der Waals surface area contributed by atoms with Gasteiger partial charge in [0.15, 0.2) is 0 Å². The van der Waals surface area contributed by atoms with Crippen molar-refractivity contribution in [2.24, 2.45) is 11.0 Å². The van der Waals surface area contributed by atoms with Crippen LogP contribution >= 0.6 is 0 Å². The van der Waals surface area contributed by atoms with Gasteiger partial charge in [-0.3, -0.25) is 0 Å². The van der Waals surface area contributed by atoms with Crippen molar-refractivity contribution >= 4 is 0 Å². The maximum Gasteiger partial charge on any atom is 0.0914 e. The predicted octanol–water partition coefficient (Wildman–Crippen LogP) is 1.47. The minimum absolute atomic E-state index is 0.228. The van der Waals surface area contributed by atoms with Crippen LogP contribution in [0.1, 0.15) is 19.8 Å². The van der Waals surface area contributed by atoms with Crippen molar-refractivity contribution in [3.05, 3.63) is 10.4 Å². The number of aliphatic hydroxyl groups is 1. The summed E-state index contributed by atoms with van der Waals surface area (Å²) < 4.78 is 5.10. The SMILES string of the molecule is CO[C@H]1C(N=[N+]=[N-])C[C@H](C)C[C@@H]1O. The summed E-state index contributed by atoms with van der Waals surface area (Å²) in [6.45, 7) is 2.04. The van der Waals surface area contributed by atoms with Crippen LogP contribution in [0.2, 0.25) is 0 Å². The van der Waals surface area contributed by atoms with Gasteiger partial charge in [-0.1, -0.05) is 12.0 Å². The summed E-state index contributed by atoms with van der Waals surface area (Å²) >= 11 is 0. The van der Waals surface area contributed by atoms with Gasteiger partial charge in [-0.25, -0.2) is 0 Å². The summed E-state index contributed by atoms with van der Waals surface area (Å²) in [4.78, 5) is 2.76. The number of methoxy groups -OCH3 is 1. The minimum atomic E-state index is -0.510. The highest BCUT2D eigenvalue weighted by atomic mass is 16.5. The molecule has 0 aromatic rings. The van der Waals surface area contributed by atoms with Gasteiger partial charge in [0.2, 0.25) is 0 Å². The van der Waals surface area contributed by atoms with E-state index < -0.39 is 6.10 Å². The van der Waals surface area contributed by atoms with Crippen molar-refractivity contribution in [1.29, 1.82) is 0 Å². The van der Waals surface area contributed by atoms with Crippen molar-refractivity contribution in [2.75, 3.05) is 7.11 Å². The lowest BCUT2D eigenvalue weighted by Gasteiger charge is -2.35. The molecule has 0 heterocycles. The van der Waals surface area contributed by atoms with Gasteiger partial charge in [0.25, 0.3) is 0 Å². The quantitative estimate of drug-likeness (QED) is 0.401. The van der Waals surface area contributed by atoms with Crippen LogP contribution in [0.25, 0.3) is 10.4 Å². The van der Waals surface area contributed by atoms with Crippen molar-refractivity contribution in [2.45, 2.75) is 38.0 Å². The Kier molecular flexibility index (Phi) is 3.54. The number of aliphatic hydroxyl groups excluding tert-OH is 1. The Bertz CT molecular complexity index is 215. The third-order valence-electron chi connectivity index (χ3n) is 2.52. The molecule has 0 saturated heterocycles. The van der Waals surface area contributed by atoms with E-state index in [2.05, 4.69) is 10.0 Å². The highest BCUT2D eigenvalue weighted by Gasteiger charge is 2.34. The molecule has 1 fully saturated rings. The van der Waals surface area contributed by atoms with Gasteiger partial charge in [-0.05, 0) is 24.3 Å². The van der Waals surface area contributed by atoms with Crippen LogP contribution in [0.5, 0.6) is 0 Å². The summed E-state index contributed by atoms with van der Waals surface area (Å²) in [7, 11) is 1.53. The molecule has 74 valence electrons. The Balaban J connectivity index is 2.71. The van der Waals surface area contributed by atoms with Gasteiger partial charge >= 0.3 is 0 Å². The van der Waals surface area contributed by atoms with Crippen molar-refractivity contribution < 1.29 is 9.84 Å². The molecule has 1 rings (SSSR count). The molecular weight excluding hydrogens is 170 g/mol. The lowest BCUT2D eigenvalue weighted by Crippen LogP contribution is -2.44. The molecule has 0 aromatic carbocycles. The molecule has 0 aromatic heterocycles. The Morgan fingerprint density at radius 3 is 2.77 bits per heavy atom. The highest BCUT2D eigenvalue weighted by molar-refractivity contribution is 4.90. The molecule has 1 aliphatic carbocycles. The fourth-order valence-corrected chi connectivity index (χ4v) is 1.94. The molecule has 0 amide bonds. The van der Waals surface area contributed by atoms with E-state index in [9.17, 15) is 5.11 Å². The van der Waals surface area contributed by atoms with Crippen LogP contribution in [0, 0.1) is 5.92 Å². The van der Waals surface area contributed by atoms with Crippen LogP contribution in [0.4, 0.5) is 0 Å². The Labute approximate surface area is 77.3 Å². The van der Waals surface area contributed by atoms with Gasteiger partial charge in [0.05, 0.1) is 18.2 Å². The third kappa shape index (κ3) is 2.34. The molecule has 0 radical (unpaired) electrons. The first-order chi connectivity index (χ1) is 6.19. The smallest absolute Gasteiger partial charge is 0.0914 e. The topological polar surface area (TPSA) is 78.2 Å². The van der Waals surface area contributed by atoms with E-state index in [4.69, 9.17) is 10.3 Å². The van der Waals surface area contributed by atoms with Crippen LogP contribution in [0.15, 0.2) is 5.11 Å². The van der Waals surface area contributed by atoms with E-state index in [1.54, 1.807) is 0 Å². The van der Waals surface area contributed by atoms with Crippen molar-refractivity contribution in [1.82, 2.24) is 0 Å². The molecule has 5 heteroatoms. The second-order valence-corrected chi connectivity index (χ2v) is 3.62. The fraction of sp³-hybridized carbons (Fsp3) is 1.00. The van der Waals surface area contributed by atoms with Gasteiger partial charge in [-0.2, -0.15) is 0 Å². The zero-order valence-electron chi connectivity index (χ0n) is 7.92. The summed E-state index contributed by atoms with van der Waals surface area (Å²) in [5, 5.41) is 13.3. The molecule has 4 atom stereocenters. The molecule has 1 saturated carbocycles. The predicted molar refractivity (Wildman–Crippen MR) is 48.1 cm³/mol. The molecule has 5 nitrogen and oxygen atoms in total. The minimum Gasteiger partial charge on any atom is -0.390 e. The maximum absolute atomic E-state index is 9.63. The molecular formula is C8H15N3O2. The van der Waals surface area contributed by atoms with Crippen LogP contribution < -0.4 is 0 Å². The van der Waals surface area contributed by atoms with E-state index in [0.29, 0.717) is 5.92 Å². The monoisotopic (exact) mass is 185 g/mol. The number of hydrogen-bond donors (Lipinski definition) is 1. The van der Waals surface area contributed by atoms with E-state index in [-0.39, 0.29) is 12.1 Å². The van der Waals surface area contributed by atoms with Crippen LogP contribution in [0.3, 0.4) is 0 Å². The van der Waals surface area contributed by atoms with Crippen LogP contribution in [-0.2, 0) is 4.74 Å². The number of hydrogen-bond acceptors (Lipinski definition) is 3. The standard InChI is InChI=1S/C8H15N3O2/c1-5-3-6(10-11-9)8(13-2)7(12)4-5/h5-8,12H,3-4H2,1-2H3/t5-,6?,7-,8-/m0/s1. The summed E-state index contributed by atoms with van der Waals surface area (Å²) in [6, 6.07) is -0.228. The average Bonchev–Trinajstić information content (AvgIpc) is 2.04. The molecule has 0 aliphatic heterocycles. The Morgan fingerprint density at radius 1 is 1.54 bits per heavy atom. The largest absolute Gasteiger partial charge is 0.390 e. The average molecular weight is 185 g/mol. The number of ether oxygens (including phenoxy) is 1. The second-order valence-electron chi connectivity index (χ2n) is 3.62. The third-order valence-corrected chi connectivity index (χ3v) is 2.52. The van der Waals surface area contributed by atoms with Crippen LogP contribution in [-0.4, -0.2) is 30.5 Å². The van der Waals surface area contributed by atoms with E-state index >= 15 is 0 Å². The molecule has 0 bridgehead atoms. The number of azide groups is 1. The molecule has 1 unspecified atom stereocenters. The van der Waals surface area contributed by atoms with Gasteiger partial charge < -0.3 is 9.84 Å². The van der Waals surface area contributed by atoms with E-state index in [0.717, 1.165) is 12.8 Å². The van der Waals surface area contributed by atoms with Crippen molar-refractivity contribution in [3.8, 4) is 0 Å². The molecule has 1 N–H and O–H groups in total. The zero-order chi connectivity index (χ0) is 9.84. The maximum atomic E-state index is 9.63. The first kappa shape index (κ1) is 10.3. The summed E-state index contributed by atoms with van der Waals surface area (Å²) in [6.07, 6.45) is 0.659. The lowest BCUT2D eigenvalue weighted by molar-refractivity contribution is -0.0585. The normalized spacial score (nSPS) is 39.6. The van der Waals surface area contributed by atoms with Gasteiger partial charge in [-0.15, -0.1) is 0 Å².